The zero-order chi connectivity index (χ0) is 24.9. The van der Waals surface area contributed by atoms with Gasteiger partial charge in [0.05, 0.1) is 11.4 Å². The first kappa shape index (κ1) is 22.9. The number of ether oxygens (including phenoxy) is 1. The first-order valence-electron chi connectivity index (χ1n) is 11.7. The van der Waals surface area contributed by atoms with Crippen LogP contribution in [0.1, 0.15) is 18.6 Å². The fourth-order valence-corrected chi connectivity index (χ4v) is 4.19. The van der Waals surface area contributed by atoms with Gasteiger partial charge in [-0.1, -0.05) is 84.9 Å². The highest BCUT2D eigenvalue weighted by Gasteiger charge is 2.14. The van der Waals surface area contributed by atoms with E-state index in [1.165, 1.54) is 0 Å². The van der Waals surface area contributed by atoms with Gasteiger partial charge in [-0.15, -0.1) is 0 Å². The summed E-state index contributed by atoms with van der Waals surface area (Å²) in [5.41, 5.74) is 2.76. The summed E-state index contributed by atoms with van der Waals surface area (Å²) in [5, 5.41) is 12.6. The van der Waals surface area contributed by atoms with E-state index in [-0.39, 0.29) is 6.03 Å². The zero-order valence-electron chi connectivity index (χ0n) is 19.7. The summed E-state index contributed by atoms with van der Waals surface area (Å²) in [4.78, 5) is 25.3. The third-order valence-corrected chi connectivity index (χ3v) is 5.96. The predicted molar refractivity (Wildman–Crippen MR) is 145 cm³/mol. The van der Waals surface area contributed by atoms with Crippen LogP contribution in [-0.2, 0) is 4.74 Å². The lowest BCUT2D eigenvalue weighted by Gasteiger charge is -2.16. The molecule has 0 aliphatic heterocycles. The van der Waals surface area contributed by atoms with Crippen LogP contribution in [0.5, 0.6) is 0 Å². The Morgan fingerprint density at radius 1 is 0.639 bits per heavy atom. The first-order chi connectivity index (χ1) is 17.6. The standard InChI is InChI=1S/C30H25N3O3/c1-20(36-30(35)33-28-18-8-12-22-10-3-5-16-26(22)28)23-13-6-14-24(19-23)31-29(34)32-27-17-7-11-21-9-2-4-15-25(21)27/h2-20H,1H3,(H,33,35)(H2,31,32,34). The molecule has 5 aromatic carbocycles. The summed E-state index contributed by atoms with van der Waals surface area (Å²) in [5.74, 6) is 0. The van der Waals surface area contributed by atoms with Gasteiger partial charge in [-0.25, -0.2) is 9.59 Å². The molecule has 6 heteroatoms. The van der Waals surface area contributed by atoms with Gasteiger partial charge in [-0.3, -0.25) is 5.32 Å². The van der Waals surface area contributed by atoms with Gasteiger partial charge >= 0.3 is 12.1 Å². The van der Waals surface area contributed by atoms with Crippen LogP contribution in [0.2, 0.25) is 0 Å². The predicted octanol–water partition coefficient (Wildman–Crippen LogP) is 7.95. The number of rotatable bonds is 5. The van der Waals surface area contributed by atoms with Crippen molar-refractivity contribution in [3.8, 4) is 0 Å². The molecule has 0 saturated carbocycles. The van der Waals surface area contributed by atoms with Crippen molar-refractivity contribution in [2.75, 3.05) is 16.0 Å². The lowest BCUT2D eigenvalue weighted by molar-refractivity contribution is 0.121. The SMILES string of the molecule is CC(OC(=O)Nc1cccc2ccccc12)c1cccc(NC(=O)Nc2cccc3ccccc23)c1. The Labute approximate surface area is 208 Å². The van der Waals surface area contributed by atoms with Crippen molar-refractivity contribution in [2.45, 2.75) is 13.0 Å². The smallest absolute Gasteiger partial charge is 0.412 e. The summed E-state index contributed by atoms with van der Waals surface area (Å²) < 4.78 is 5.61. The Morgan fingerprint density at radius 3 is 1.86 bits per heavy atom. The number of amides is 3. The van der Waals surface area contributed by atoms with Crippen molar-refractivity contribution in [3.63, 3.8) is 0 Å². The van der Waals surface area contributed by atoms with E-state index in [4.69, 9.17) is 4.74 Å². The van der Waals surface area contributed by atoms with Gasteiger partial charge in [-0.2, -0.15) is 0 Å². The van der Waals surface area contributed by atoms with E-state index >= 15 is 0 Å². The normalized spacial score (nSPS) is 11.6. The average Bonchev–Trinajstić information content (AvgIpc) is 2.89. The van der Waals surface area contributed by atoms with Crippen molar-refractivity contribution >= 4 is 50.7 Å². The maximum Gasteiger partial charge on any atom is 0.412 e. The Balaban J connectivity index is 1.23. The summed E-state index contributed by atoms with van der Waals surface area (Å²) >= 11 is 0. The monoisotopic (exact) mass is 475 g/mol. The molecule has 36 heavy (non-hydrogen) atoms. The minimum absolute atomic E-state index is 0.356. The van der Waals surface area contributed by atoms with E-state index in [1.807, 2.05) is 97.1 Å². The molecule has 0 heterocycles. The quantitative estimate of drug-likeness (QED) is 0.241. The van der Waals surface area contributed by atoms with Gasteiger partial charge in [0.15, 0.2) is 0 Å². The number of carbonyl (C=O) groups excluding carboxylic acids is 2. The van der Waals surface area contributed by atoms with Crippen molar-refractivity contribution in [1.82, 2.24) is 0 Å². The van der Waals surface area contributed by atoms with E-state index < -0.39 is 12.2 Å². The lowest BCUT2D eigenvalue weighted by Crippen LogP contribution is -2.20. The maximum absolute atomic E-state index is 12.7. The van der Waals surface area contributed by atoms with Crippen molar-refractivity contribution in [1.29, 1.82) is 0 Å². The van der Waals surface area contributed by atoms with Crippen LogP contribution >= 0.6 is 0 Å². The van der Waals surface area contributed by atoms with Crippen molar-refractivity contribution in [3.05, 3.63) is 115 Å². The molecule has 3 N–H and O–H groups in total. The second kappa shape index (κ2) is 10.2. The molecule has 0 saturated heterocycles. The summed E-state index contributed by atoms with van der Waals surface area (Å²) in [6, 6.07) is 34.1. The molecule has 3 amide bonds. The molecule has 0 aliphatic carbocycles. The van der Waals surface area contributed by atoms with E-state index in [9.17, 15) is 9.59 Å². The molecule has 0 aliphatic rings. The molecule has 0 radical (unpaired) electrons. The molecular formula is C30H25N3O3. The Morgan fingerprint density at radius 2 is 1.19 bits per heavy atom. The van der Waals surface area contributed by atoms with Crippen LogP contribution in [0.25, 0.3) is 21.5 Å². The molecule has 6 nitrogen and oxygen atoms in total. The summed E-state index contributed by atoms with van der Waals surface area (Å²) in [7, 11) is 0. The third kappa shape index (κ3) is 5.13. The largest absolute Gasteiger partial charge is 0.441 e. The van der Waals surface area contributed by atoms with Crippen molar-refractivity contribution < 1.29 is 14.3 Å². The number of benzene rings is 5. The van der Waals surface area contributed by atoms with Gasteiger partial charge in [0.25, 0.3) is 0 Å². The molecule has 5 aromatic rings. The van der Waals surface area contributed by atoms with E-state index in [0.29, 0.717) is 11.4 Å². The van der Waals surface area contributed by atoms with Gasteiger partial charge in [0, 0.05) is 16.5 Å². The highest BCUT2D eigenvalue weighted by atomic mass is 16.6. The molecule has 1 unspecified atom stereocenters. The first-order valence-corrected chi connectivity index (χ1v) is 11.7. The lowest BCUT2D eigenvalue weighted by atomic mass is 10.1. The molecule has 1 atom stereocenters. The van der Waals surface area contributed by atoms with Gasteiger partial charge in [0.2, 0.25) is 0 Å². The number of fused-ring (bicyclic) bond motifs is 2. The van der Waals surface area contributed by atoms with Gasteiger partial charge < -0.3 is 15.4 Å². The van der Waals surface area contributed by atoms with Crippen LogP contribution in [0.4, 0.5) is 26.7 Å². The highest BCUT2D eigenvalue weighted by molar-refractivity contribution is 6.06. The zero-order valence-corrected chi connectivity index (χ0v) is 19.7. The summed E-state index contributed by atoms with van der Waals surface area (Å²) in [6.07, 6.45) is -1.08. The number of carbonyl (C=O) groups is 2. The number of anilines is 3. The van der Waals surface area contributed by atoms with Crippen LogP contribution in [-0.4, -0.2) is 12.1 Å². The van der Waals surface area contributed by atoms with Crippen LogP contribution in [0.15, 0.2) is 109 Å². The maximum atomic E-state index is 12.7. The Kier molecular flexibility index (Phi) is 6.49. The number of nitrogens with one attached hydrogen (secondary N) is 3. The second-order valence-corrected chi connectivity index (χ2v) is 8.43. The molecular weight excluding hydrogens is 450 g/mol. The van der Waals surface area contributed by atoms with Gasteiger partial charge in [-0.05, 0) is 47.5 Å². The van der Waals surface area contributed by atoms with E-state index in [0.717, 1.165) is 32.8 Å². The van der Waals surface area contributed by atoms with Crippen LogP contribution < -0.4 is 16.0 Å². The van der Waals surface area contributed by atoms with Gasteiger partial charge in [0.1, 0.15) is 6.10 Å². The Hall–Kier alpha value is -4.84. The Bertz CT molecular complexity index is 1550. The highest BCUT2D eigenvalue weighted by Crippen LogP contribution is 2.26. The summed E-state index contributed by atoms with van der Waals surface area (Å²) in [6.45, 7) is 1.79. The number of urea groups is 1. The fourth-order valence-electron chi connectivity index (χ4n) is 4.19. The fraction of sp³-hybridized carbons (Fsp3) is 0.0667. The topological polar surface area (TPSA) is 79.5 Å². The van der Waals surface area contributed by atoms with E-state index in [2.05, 4.69) is 16.0 Å². The minimum atomic E-state index is -0.550. The molecule has 5 rings (SSSR count). The number of hydrogen-bond acceptors (Lipinski definition) is 3. The third-order valence-electron chi connectivity index (χ3n) is 5.96. The minimum Gasteiger partial charge on any atom is -0.441 e. The van der Waals surface area contributed by atoms with Crippen LogP contribution in [0.3, 0.4) is 0 Å². The average molecular weight is 476 g/mol. The van der Waals surface area contributed by atoms with Crippen molar-refractivity contribution in [2.24, 2.45) is 0 Å². The molecule has 0 spiro atoms. The van der Waals surface area contributed by atoms with Crippen LogP contribution in [0, 0.1) is 0 Å². The molecule has 0 bridgehead atoms. The molecule has 0 aromatic heterocycles. The molecule has 178 valence electrons. The molecule has 0 fully saturated rings. The van der Waals surface area contributed by atoms with E-state index in [1.54, 1.807) is 19.1 Å². The second-order valence-electron chi connectivity index (χ2n) is 8.43. The number of hydrogen-bond donors (Lipinski definition) is 3.